The smallest absolute Gasteiger partial charge is 0.317 e. The maximum Gasteiger partial charge on any atom is 0.317 e. The summed E-state index contributed by atoms with van der Waals surface area (Å²) in [5, 5.41) is 9.60. The third kappa shape index (κ3) is 3.49. The Kier molecular flexibility index (Phi) is 5.15. The van der Waals surface area contributed by atoms with Crippen LogP contribution in [0.1, 0.15) is 31.5 Å². The molecule has 0 spiro atoms. The molecule has 3 aliphatic heterocycles. The number of likely N-dealkylation sites (N-methyl/N-ethyl adjacent to an activating group) is 1. The van der Waals surface area contributed by atoms with E-state index >= 15 is 0 Å². The maximum atomic E-state index is 13.5. The molecule has 3 aliphatic rings. The molecule has 1 aromatic heterocycles. The van der Waals surface area contributed by atoms with Crippen molar-refractivity contribution in [3.05, 3.63) is 63.1 Å². The highest BCUT2D eigenvalue weighted by Crippen LogP contribution is 2.42. The zero-order valence-electron chi connectivity index (χ0n) is 19.1. The average Bonchev–Trinajstić information content (AvgIpc) is 3.54. The number of rotatable bonds is 4. The van der Waals surface area contributed by atoms with Crippen LogP contribution in [0, 0.1) is 0 Å². The number of hydrogen-bond donors (Lipinski definition) is 1. The van der Waals surface area contributed by atoms with Gasteiger partial charge >= 0.3 is 5.97 Å². The Bertz CT molecular complexity index is 1320. The fourth-order valence-corrected chi connectivity index (χ4v) is 6.63. The molecule has 0 fully saturated rings. The van der Waals surface area contributed by atoms with Gasteiger partial charge in [-0.15, -0.1) is 11.3 Å². The summed E-state index contributed by atoms with van der Waals surface area (Å²) in [6, 6.07) is 12.8. The second-order valence-corrected chi connectivity index (χ2v) is 10.3. The van der Waals surface area contributed by atoms with Crippen LogP contribution in [0.15, 0.2) is 36.4 Å². The normalized spacial score (nSPS) is 17.0. The van der Waals surface area contributed by atoms with Crippen LogP contribution in [-0.2, 0) is 30.6 Å². The minimum absolute atomic E-state index is 0.0158. The number of amides is 1. The average molecular weight is 475 g/mol. The zero-order chi connectivity index (χ0) is 23.4. The molecule has 1 amide bonds. The Morgan fingerprint density at radius 2 is 1.68 bits per heavy atom. The summed E-state index contributed by atoms with van der Waals surface area (Å²) in [5.74, 6) is -0.887. The predicted molar refractivity (Wildman–Crippen MR) is 133 cm³/mol. The number of hydrogen-bond acceptors (Lipinski definition) is 6. The second kappa shape index (κ2) is 8.21. The summed E-state index contributed by atoms with van der Waals surface area (Å²) in [7, 11) is 2.14. The molecule has 0 aliphatic carbocycles. The summed E-state index contributed by atoms with van der Waals surface area (Å²) in [6.07, 6.45) is 2.55. The van der Waals surface area contributed by atoms with E-state index in [2.05, 4.69) is 47.3 Å². The van der Waals surface area contributed by atoms with Crippen molar-refractivity contribution in [2.24, 2.45) is 0 Å². The third-order valence-electron chi connectivity index (χ3n) is 7.17. The third-order valence-corrected chi connectivity index (χ3v) is 8.25. The number of carbonyl (C=O) groups is 2. The maximum absolute atomic E-state index is 13.5. The van der Waals surface area contributed by atoms with E-state index in [9.17, 15) is 9.59 Å². The highest BCUT2D eigenvalue weighted by atomic mass is 32.1. The van der Waals surface area contributed by atoms with E-state index in [0.717, 1.165) is 35.6 Å². The summed E-state index contributed by atoms with van der Waals surface area (Å²) >= 11 is 1.41. The van der Waals surface area contributed by atoms with E-state index in [1.807, 2.05) is 15.9 Å². The van der Waals surface area contributed by atoms with Gasteiger partial charge in [0.25, 0.3) is 5.91 Å². The monoisotopic (exact) mass is 474 g/mol. The summed E-state index contributed by atoms with van der Waals surface area (Å²) in [5.41, 5.74) is 8.33. The number of carboxylic acids is 1. The van der Waals surface area contributed by atoms with Gasteiger partial charge < -0.3 is 14.9 Å². The molecule has 0 atom stereocenters. The Hall–Kier alpha value is -3.23. The lowest BCUT2D eigenvalue weighted by molar-refractivity contribution is -0.138. The van der Waals surface area contributed by atoms with Gasteiger partial charge in [0.2, 0.25) is 0 Å². The SMILES string of the molecule is CN1CCc2c(-c3cccc4c3CCN4C(=O)c3nc4c(s3)CN(CC(=O)O)CC4)cccc21. The van der Waals surface area contributed by atoms with Gasteiger partial charge in [-0.2, -0.15) is 0 Å². The van der Waals surface area contributed by atoms with Gasteiger partial charge in [-0.1, -0.05) is 24.3 Å². The van der Waals surface area contributed by atoms with Gasteiger partial charge in [0, 0.05) is 55.9 Å². The summed E-state index contributed by atoms with van der Waals surface area (Å²) in [6.45, 7) is 2.89. The molecule has 1 N–H and O–H groups in total. The van der Waals surface area contributed by atoms with E-state index in [4.69, 9.17) is 5.11 Å². The highest BCUT2D eigenvalue weighted by molar-refractivity contribution is 7.13. The predicted octanol–water partition coefficient (Wildman–Crippen LogP) is 3.45. The molecule has 4 heterocycles. The molecule has 8 heteroatoms. The van der Waals surface area contributed by atoms with Crippen molar-refractivity contribution in [1.29, 1.82) is 0 Å². The molecule has 2 aromatic carbocycles. The molecule has 0 bridgehead atoms. The number of anilines is 2. The van der Waals surface area contributed by atoms with Crippen molar-refractivity contribution < 1.29 is 14.7 Å². The van der Waals surface area contributed by atoms with Crippen LogP contribution in [0.5, 0.6) is 0 Å². The van der Waals surface area contributed by atoms with E-state index in [0.29, 0.717) is 31.1 Å². The van der Waals surface area contributed by atoms with E-state index < -0.39 is 5.97 Å². The first-order chi connectivity index (χ1) is 16.5. The van der Waals surface area contributed by atoms with E-state index in [-0.39, 0.29) is 12.5 Å². The number of carbonyl (C=O) groups excluding carboxylic acids is 1. The van der Waals surface area contributed by atoms with Crippen molar-refractivity contribution in [2.75, 3.05) is 43.0 Å². The number of carboxylic acid groups (broad SMARTS) is 1. The van der Waals surface area contributed by atoms with Crippen molar-refractivity contribution >= 4 is 34.6 Å². The van der Waals surface area contributed by atoms with Crippen LogP contribution in [0.2, 0.25) is 0 Å². The standard InChI is InChI=1S/C26H26N4O3S/c1-28-11-8-18-16(4-2-6-21(18)28)17-5-3-7-22-19(17)9-13-30(22)26(33)25-27-20-10-12-29(15-24(31)32)14-23(20)34-25/h2-7H,8-15H2,1H3,(H,31,32). The minimum Gasteiger partial charge on any atom is -0.480 e. The first-order valence-electron chi connectivity index (χ1n) is 11.7. The number of aromatic nitrogens is 1. The van der Waals surface area contributed by atoms with Gasteiger partial charge in [0.15, 0.2) is 5.01 Å². The van der Waals surface area contributed by atoms with Crippen molar-refractivity contribution in [1.82, 2.24) is 9.88 Å². The molecule has 0 unspecified atom stereocenters. The number of benzene rings is 2. The van der Waals surface area contributed by atoms with Crippen molar-refractivity contribution in [3.63, 3.8) is 0 Å². The van der Waals surface area contributed by atoms with E-state index in [1.165, 1.54) is 39.3 Å². The highest BCUT2D eigenvalue weighted by Gasteiger charge is 2.32. The van der Waals surface area contributed by atoms with Crippen molar-refractivity contribution in [3.8, 4) is 11.1 Å². The van der Waals surface area contributed by atoms with Crippen LogP contribution in [0.3, 0.4) is 0 Å². The largest absolute Gasteiger partial charge is 0.480 e. The van der Waals surface area contributed by atoms with Gasteiger partial charge in [-0.25, -0.2) is 4.98 Å². The number of aliphatic carboxylic acids is 1. The lowest BCUT2D eigenvalue weighted by atomic mass is 9.93. The summed E-state index contributed by atoms with van der Waals surface area (Å²) in [4.78, 5) is 36.3. The first kappa shape index (κ1) is 21.3. The van der Waals surface area contributed by atoms with Crippen LogP contribution in [0.25, 0.3) is 11.1 Å². The fourth-order valence-electron chi connectivity index (χ4n) is 5.53. The molecule has 0 saturated carbocycles. The number of thiazole rings is 1. The fraction of sp³-hybridized carbons (Fsp3) is 0.346. The zero-order valence-corrected chi connectivity index (χ0v) is 19.9. The molecular weight excluding hydrogens is 448 g/mol. The van der Waals surface area contributed by atoms with Crippen molar-refractivity contribution in [2.45, 2.75) is 25.8 Å². The molecule has 174 valence electrons. The van der Waals surface area contributed by atoms with Gasteiger partial charge in [0.05, 0.1) is 12.2 Å². The first-order valence-corrected chi connectivity index (χ1v) is 12.5. The molecule has 0 radical (unpaired) electrons. The quantitative estimate of drug-likeness (QED) is 0.624. The van der Waals surface area contributed by atoms with Gasteiger partial charge in [-0.05, 0) is 47.2 Å². The molecule has 34 heavy (non-hydrogen) atoms. The molecule has 0 saturated heterocycles. The molecule has 7 nitrogen and oxygen atoms in total. The topological polar surface area (TPSA) is 77.0 Å². The van der Waals surface area contributed by atoms with Crippen LogP contribution >= 0.6 is 11.3 Å². The Morgan fingerprint density at radius 3 is 2.44 bits per heavy atom. The number of nitrogens with zero attached hydrogens (tertiary/aromatic N) is 4. The lowest BCUT2D eigenvalue weighted by Gasteiger charge is -2.23. The Balaban J connectivity index is 1.30. The minimum atomic E-state index is -0.829. The Morgan fingerprint density at radius 1 is 0.971 bits per heavy atom. The number of fused-ring (bicyclic) bond motifs is 3. The van der Waals surface area contributed by atoms with Gasteiger partial charge in [-0.3, -0.25) is 14.5 Å². The summed E-state index contributed by atoms with van der Waals surface area (Å²) < 4.78 is 0. The van der Waals surface area contributed by atoms with Crippen LogP contribution < -0.4 is 9.80 Å². The van der Waals surface area contributed by atoms with Crippen LogP contribution in [0.4, 0.5) is 11.4 Å². The second-order valence-electron chi connectivity index (χ2n) is 9.23. The molecule has 6 rings (SSSR count). The lowest BCUT2D eigenvalue weighted by Crippen LogP contribution is -2.34. The van der Waals surface area contributed by atoms with E-state index in [1.54, 1.807) is 0 Å². The van der Waals surface area contributed by atoms with Gasteiger partial charge in [0.1, 0.15) is 0 Å². The molecule has 3 aromatic rings. The molecular formula is C26H26N4O3S. The Labute approximate surface area is 202 Å². The van der Waals surface area contributed by atoms with Crippen LogP contribution in [-0.4, -0.2) is 60.1 Å².